The quantitative estimate of drug-likeness (QED) is 0.840. The van der Waals surface area contributed by atoms with Gasteiger partial charge in [-0.2, -0.15) is 10.1 Å². The molecule has 7 nitrogen and oxygen atoms in total. The lowest BCUT2D eigenvalue weighted by atomic mass is 9.93. The molecule has 0 aliphatic heterocycles. The number of fused-ring (bicyclic) bond motifs is 1. The number of nitrogens with zero attached hydrogens (tertiary/aromatic N) is 4. The number of rotatable bonds is 5. The molecule has 0 saturated heterocycles. The number of aryl methyl sites for hydroxylation is 1. The molecule has 2 rings (SSSR count). The first-order chi connectivity index (χ1) is 9.56. The summed E-state index contributed by atoms with van der Waals surface area (Å²) in [6.45, 7) is 5.57. The molecule has 2 aromatic heterocycles. The molecule has 0 aromatic carbocycles. The predicted octanol–water partition coefficient (Wildman–Crippen LogP) is 0.714. The highest BCUT2D eigenvalue weighted by Gasteiger charge is 2.28. The van der Waals surface area contributed by atoms with Gasteiger partial charge in [0.1, 0.15) is 6.33 Å². The second-order valence-electron chi connectivity index (χ2n) is 4.83. The Bertz CT molecular complexity index is 610. The molecular formula is C13H19N5O2. The molecule has 7 heteroatoms. The van der Waals surface area contributed by atoms with E-state index in [-0.39, 0.29) is 12.5 Å². The molecule has 108 valence electrons. The lowest BCUT2D eigenvalue weighted by Gasteiger charge is -2.30. The molecule has 0 fully saturated rings. The smallest absolute Gasteiger partial charge is 0.255 e. The van der Waals surface area contributed by atoms with Crippen LogP contribution in [0.1, 0.15) is 42.7 Å². The molecule has 0 aliphatic rings. The highest BCUT2D eigenvalue weighted by Crippen LogP contribution is 2.16. The van der Waals surface area contributed by atoms with E-state index in [1.54, 1.807) is 6.92 Å². The van der Waals surface area contributed by atoms with Crippen molar-refractivity contribution in [3.63, 3.8) is 0 Å². The molecule has 0 atom stereocenters. The zero-order valence-electron chi connectivity index (χ0n) is 11.9. The molecule has 0 radical (unpaired) electrons. The van der Waals surface area contributed by atoms with E-state index in [0.717, 1.165) is 0 Å². The summed E-state index contributed by atoms with van der Waals surface area (Å²) in [5, 5.41) is 16.5. The molecule has 2 N–H and O–H groups in total. The highest BCUT2D eigenvalue weighted by atomic mass is 16.3. The van der Waals surface area contributed by atoms with Gasteiger partial charge in [-0.3, -0.25) is 4.79 Å². The topological polar surface area (TPSA) is 92.4 Å². The largest absolute Gasteiger partial charge is 0.394 e. The summed E-state index contributed by atoms with van der Waals surface area (Å²) in [6, 6.07) is 0. The third-order valence-electron chi connectivity index (χ3n) is 3.83. The fourth-order valence-electron chi connectivity index (χ4n) is 2.11. The van der Waals surface area contributed by atoms with Gasteiger partial charge in [0, 0.05) is 6.20 Å². The minimum absolute atomic E-state index is 0.0935. The second kappa shape index (κ2) is 5.54. The first-order valence-electron chi connectivity index (χ1n) is 6.65. The first-order valence-corrected chi connectivity index (χ1v) is 6.65. The summed E-state index contributed by atoms with van der Waals surface area (Å²) in [5.74, 6) is 0.198. The SMILES string of the molecule is CCC(CC)(CO)NC(=O)c1cnc2ncnn2c1C. The molecule has 0 spiro atoms. The Kier molecular flexibility index (Phi) is 3.99. The van der Waals surface area contributed by atoms with Crippen LogP contribution in [0.15, 0.2) is 12.5 Å². The first kappa shape index (κ1) is 14.4. The van der Waals surface area contributed by atoms with Crippen LogP contribution in [0.4, 0.5) is 0 Å². The number of nitrogens with one attached hydrogen (secondary N) is 1. The van der Waals surface area contributed by atoms with Crippen LogP contribution >= 0.6 is 0 Å². The lowest BCUT2D eigenvalue weighted by Crippen LogP contribution is -2.50. The van der Waals surface area contributed by atoms with Crippen molar-refractivity contribution in [1.29, 1.82) is 0 Å². The van der Waals surface area contributed by atoms with Gasteiger partial charge in [0.25, 0.3) is 11.7 Å². The van der Waals surface area contributed by atoms with E-state index in [1.165, 1.54) is 17.0 Å². The van der Waals surface area contributed by atoms with Gasteiger partial charge in [0.15, 0.2) is 0 Å². The zero-order chi connectivity index (χ0) is 14.8. The van der Waals surface area contributed by atoms with Crippen molar-refractivity contribution in [2.24, 2.45) is 0 Å². The number of aliphatic hydroxyl groups is 1. The van der Waals surface area contributed by atoms with E-state index in [2.05, 4.69) is 20.4 Å². The number of carbonyl (C=O) groups excluding carboxylic acids is 1. The van der Waals surface area contributed by atoms with Crippen molar-refractivity contribution < 1.29 is 9.90 Å². The maximum absolute atomic E-state index is 12.4. The molecule has 0 aliphatic carbocycles. The molecule has 0 unspecified atom stereocenters. The highest BCUT2D eigenvalue weighted by molar-refractivity contribution is 5.95. The Labute approximate surface area is 117 Å². The monoisotopic (exact) mass is 277 g/mol. The molecule has 20 heavy (non-hydrogen) atoms. The van der Waals surface area contributed by atoms with Crippen LogP contribution in [0, 0.1) is 6.92 Å². The van der Waals surface area contributed by atoms with Gasteiger partial charge in [-0.25, -0.2) is 9.50 Å². The number of carbonyl (C=O) groups is 1. The van der Waals surface area contributed by atoms with Crippen molar-refractivity contribution in [2.45, 2.75) is 39.2 Å². The summed E-state index contributed by atoms with van der Waals surface area (Å²) < 4.78 is 1.52. The minimum atomic E-state index is -0.596. The van der Waals surface area contributed by atoms with Crippen LogP contribution in [0.2, 0.25) is 0 Å². The minimum Gasteiger partial charge on any atom is -0.394 e. The Morgan fingerprint density at radius 2 is 2.10 bits per heavy atom. The van der Waals surface area contributed by atoms with Crippen LogP contribution in [-0.2, 0) is 0 Å². The molecule has 0 bridgehead atoms. The average Bonchev–Trinajstić information content (AvgIpc) is 2.94. The van der Waals surface area contributed by atoms with Crippen LogP contribution in [0.5, 0.6) is 0 Å². The summed E-state index contributed by atoms with van der Waals surface area (Å²) in [5.41, 5.74) is 0.507. The summed E-state index contributed by atoms with van der Waals surface area (Å²) in [4.78, 5) is 20.5. The van der Waals surface area contributed by atoms with E-state index in [0.29, 0.717) is 29.9 Å². The standard InChI is InChI=1S/C13H19N5O2/c1-4-13(5-2,7-19)17-11(20)10-6-14-12-15-8-16-18(12)9(10)3/h6,8,19H,4-5,7H2,1-3H3,(H,17,20). The Morgan fingerprint density at radius 3 is 2.70 bits per heavy atom. The Hall–Kier alpha value is -2.02. The van der Waals surface area contributed by atoms with E-state index in [4.69, 9.17) is 0 Å². The van der Waals surface area contributed by atoms with Crippen molar-refractivity contribution in [3.05, 3.63) is 23.8 Å². The molecule has 0 saturated carbocycles. The van der Waals surface area contributed by atoms with Gasteiger partial charge in [-0.15, -0.1) is 0 Å². The maximum Gasteiger partial charge on any atom is 0.255 e. The number of aliphatic hydroxyl groups excluding tert-OH is 1. The number of hydrogen-bond acceptors (Lipinski definition) is 5. The van der Waals surface area contributed by atoms with Gasteiger partial charge in [0.05, 0.1) is 23.4 Å². The van der Waals surface area contributed by atoms with Crippen molar-refractivity contribution in [2.75, 3.05) is 6.61 Å². The van der Waals surface area contributed by atoms with Gasteiger partial charge in [-0.05, 0) is 19.8 Å². The molecule has 2 heterocycles. The summed E-state index contributed by atoms with van der Waals surface area (Å²) in [7, 11) is 0. The summed E-state index contributed by atoms with van der Waals surface area (Å²) >= 11 is 0. The third-order valence-corrected chi connectivity index (χ3v) is 3.83. The van der Waals surface area contributed by atoms with Crippen molar-refractivity contribution in [1.82, 2.24) is 24.9 Å². The zero-order valence-corrected chi connectivity index (χ0v) is 11.9. The molecular weight excluding hydrogens is 258 g/mol. The van der Waals surface area contributed by atoms with Crippen LogP contribution in [-0.4, -0.2) is 42.7 Å². The summed E-state index contributed by atoms with van der Waals surface area (Å²) in [6.07, 6.45) is 4.20. The molecule has 1 amide bonds. The fraction of sp³-hybridized carbons (Fsp3) is 0.538. The Balaban J connectivity index is 2.34. The van der Waals surface area contributed by atoms with Crippen LogP contribution in [0.25, 0.3) is 5.78 Å². The van der Waals surface area contributed by atoms with E-state index in [1.807, 2.05) is 13.8 Å². The average molecular weight is 277 g/mol. The fourth-order valence-corrected chi connectivity index (χ4v) is 2.11. The number of amides is 1. The van der Waals surface area contributed by atoms with Crippen LogP contribution in [0.3, 0.4) is 0 Å². The normalized spacial score (nSPS) is 11.8. The van der Waals surface area contributed by atoms with Gasteiger partial charge < -0.3 is 10.4 Å². The predicted molar refractivity (Wildman–Crippen MR) is 73.4 cm³/mol. The van der Waals surface area contributed by atoms with Gasteiger partial charge >= 0.3 is 0 Å². The van der Waals surface area contributed by atoms with Crippen LogP contribution < -0.4 is 5.32 Å². The third kappa shape index (κ3) is 2.36. The molecule has 2 aromatic rings. The van der Waals surface area contributed by atoms with E-state index in [9.17, 15) is 9.90 Å². The van der Waals surface area contributed by atoms with Gasteiger partial charge in [0.2, 0.25) is 0 Å². The lowest BCUT2D eigenvalue weighted by molar-refractivity contribution is 0.0816. The van der Waals surface area contributed by atoms with Crippen molar-refractivity contribution >= 4 is 11.7 Å². The van der Waals surface area contributed by atoms with Gasteiger partial charge in [-0.1, -0.05) is 13.8 Å². The number of hydrogen-bond donors (Lipinski definition) is 2. The van der Waals surface area contributed by atoms with E-state index >= 15 is 0 Å². The Morgan fingerprint density at radius 1 is 1.40 bits per heavy atom. The number of aromatic nitrogens is 4. The second-order valence-corrected chi connectivity index (χ2v) is 4.83. The van der Waals surface area contributed by atoms with Crippen molar-refractivity contribution in [3.8, 4) is 0 Å². The van der Waals surface area contributed by atoms with E-state index < -0.39 is 5.54 Å². The maximum atomic E-state index is 12.4.